The minimum Gasteiger partial charge on any atom is -0.496 e. The molecule has 0 amide bonds. The summed E-state index contributed by atoms with van der Waals surface area (Å²) in [5.74, 6) is 2.79. The predicted octanol–water partition coefficient (Wildman–Crippen LogP) is 3.14. The Kier molecular flexibility index (Phi) is 7.79. The van der Waals surface area contributed by atoms with E-state index in [0.717, 1.165) is 12.0 Å². The molecule has 0 fully saturated rings. The number of aryl methyl sites for hydroxylation is 1. The fraction of sp³-hybridized carbons (Fsp3) is 0.381. The largest absolute Gasteiger partial charge is 0.496 e. The van der Waals surface area contributed by atoms with Gasteiger partial charge in [-0.15, -0.1) is 0 Å². The number of guanidine groups is 1. The topological polar surface area (TPSA) is 64.1 Å². The second kappa shape index (κ2) is 10.3. The Hall–Kier alpha value is -2.89. The Labute approximate surface area is 161 Å². The minimum atomic E-state index is 0.505. The van der Waals surface area contributed by atoms with Crippen LogP contribution in [-0.2, 0) is 19.5 Å². The summed E-state index contributed by atoms with van der Waals surface area (Å²) in [6.07, 6.45) is 1.00. The van der Waals surface area contributed by atoms with Crippen LogP contribution in [0.3, 0.4) is 0 Å². The lowest BCUT2D eigenvalue weighted by Crippen LogP contribution is -2.36. The van der Waals surface area contributed by atoms with Crippen molar-refractivity contribution in [3.63, 3.8) is 0 Å². The summed E-state index contributed by atoms with van der Waals surface area (Å²) in [5.41, 5.74) is 3.50. The van der Waals surface area contributed by atoms with Crippen molar-refractivity contribution in [3.05, 3.63) is 53.1 Å². The van der Waals surface area contributed by atoms with Gasteiger partial charge in [-0.3, -0.25) is 4.99 Å². The first kappa shape index (κ1) is 20.4. The van der Waals surface area contributed by atoms with Gasteiger partial charge in [0.05, 0.1) is 33.4 Å². The molecule has 2 rings (SSSR count). The standard InChI is InChI=1S/C21H29N3O3/c1-6-15-9-7-8-10-16(15)13-23-21(22-2)24-14-18-19(26-4)11-17(25-3)12-20(18)27-5/h7-12H,6,13-14H2,1-5H3,(H2,22,23,24). The lowest BCUT2D eigenvalue weighted by molar-refractivity contribution is 0.368. The number of nitrogens with zero attached hydrogens (tertiary/aromatic N) is 1. The van der Waals surface area contributed by atoms with E-state index in [2.05, 4.69) is 46.8 Å². The maximum Gasteiger partial charge on any atom is 0.191 e. The highest BCUT2D eigenvalue weighted by Gasteiger charge is 2.14. The average molecular weight is 371 g/mol. The summed E-state index contributed by atoms with van der Waals surface area (Å²) < 4.78 is 16.3. The highest BCUT2D eigenvalue weighted by atomic mass is 16.5. The van der Waals surface area contributed by atoms with E-state index in [1.54, 1.807) is 28.4 Å². The lowest BCUT2D eigenvalue weighted by Gasteiger charge is -2.17. The van der Waals surface area contributed by atoms with Crippen LogP contribution >= 0.6 is 0 Å². The van der Waals surface area contributed by atoms with Gasteiger partial charge in [-0.1, -0.05) is 31.2 Å². The van der Waals surface area contributed by atoms with Crippen LogP contribution in [0.15, 0.2) is 41.4 Å². The number of benzene rings is 2. The molecule has 0 aliphatic heterocycles. The van der Waals surface area contributed by atoms with Crippen molar-refractivity contribution in [2.45, 2.75) is 26.4 Å². The van der Waals surface area contributed by atoms with E-state index in [9.17, 15) is 0 Å². The van der Waals surface area contributed by atoms with Crippen molar-refractivity contribution in [2.24, 2.45) is 4.99 Å². The molecule has 0 saturated carbocycles. The molecule has 27 heavy (non-hydrogen) atoms. The molecule has 0 heterocycles. The molecule has 146 valence electrons. The number of hydrogen-bond donors (Lipinski definition) is 2. The predicted molar refractivity (Wildman–Crippen MR) is 109 cm³/mol. The molecule has 0 aliphatic rings. The molecular formula is C21H29N3O3. The molecule has 2 aromatic rings. The molecule has 0 aromatic heterocycles. The van der Waals surface area contributed by atoms with E-state index in [4.69, 9.17) is 14.2 Å². The van der Waals surface area contributed by atoms with Crippen molar-refractivity contribution >= 4 is 5.96 Å². The van der Waals surface area contributed by atoms with Gasteiger partial charge in [-0.05, 0) is 17.5 Å². The third-order valence-corrected chi connectivity index (χ3v) is 4.42. The summed E-state index contributed by atoms with van der Waals surface area (Å²) in [6.45, 7) is 3.38. The van der Waals surface area contributed by atoms with E-state index in [1.807, 2.05) is 12.1 Å². The molecule has 0 atom stereocenters. The number of ether oxygens (including phenoxy) is 3. The van der Waals surface area contributed by atoms with Gasteiger partial charge in [0.15, 0.2) is 5.96 Å². The molecule has 0 unspecified atom stereocenters. The van der Waals surface area contributed by atoms with Crippen LogP contribution in [0.4, 0.5) is 0 Å². The van der Waals surface area contributed by atoms with Crippen molar-refractivity contribution in [2.75, 3.05) is 28.4 Å². The first-order valence-corrected chi connectivity index (χ1v) is 8.96. The second-order valence-corrected chi connectivity index (χ2v) is 5.91. The first-order valence-electron chi connectivity index (χ1n) is 8.96. The van der Waals surface area contributed by atoms with Gasteiger partial charge in [0.1, 0.15) is 17.2 Å². The van der Waals surface area contributed by atoms with Crippen LogP contribution in [0.2, 0.25) is 0 Å². The van der Waals surface area contributed by atoms with Crippen LogP contribution < -0.4 is 24.8 Å². The fourth-order valence-corrected chi connectivity index (χ4v) is 2.90. The molecule has 2 aromatic carbocycles. The highest BCUT2D eigenvalue weighted by Crippen LogP contribution is 2.33. The number of methoxy groups -OCH3 is 3. The van der Waals surface area contributed by atoms with Crippen molar-refractivity contribution in [3.8, 4) is 17.2 Å². The van der Waals surface area contributed by atoms with Crippen molar-refractivity contribution in [1.29, 1.82) is 0 Å². The van der Waals surface area contributed by atoms with Crippen LogP contribution in [0.1, 0.15) is 23.6 Å². The number of rotatable bonds is 8. The zero-order valence-corrected chi connectivity index (χ0v) is 16.8. The zero-order chi connectivity index (χ0) is 19.6. The Morgan fingerprint density at radius 1 is 0.889 bits per heavy atom. The molecule has 0 saturated heterocycles. The summed E-state index contributed by atoms with van der Waals surface area (Å²) >= 11 is 0. The van der Waals surface area contributed by atoms with E-state index in [-0.39, 0.29) is 0 Å². The van der Waals surface area contributed by atoms with Gasteiger partial charge >= 0.3 is 0 Å². The number of aliphatic imine (C=N–C) groups is 1. The molecule has 0 radical (unpaired) electrons. The average Bonchev–Trinajstić information content (AvgIpc) is 2.73. The van der Waals surface area contributed by atoms with Crippen molar-refractivity contribution in [1.82, 2.24) is 10.6 Å². The molecule has 2 N–H and O–H groups in total. The van der Waals surface area contributed by atoms with Gasteiger partial charge in [0.25, 0.3) is 0 Å². The van der Waals surface area contributed by atoms with E-state index in [1.165, 1.54) is 11.1 Å². The summed E-state index contributed by atoms with van der Waals surface area (Å²) in [7, 11) is 6.63. The maximum atomic E-state index is 5.50. The van der Waals surface area contributed by atoms with Gasteiger partial charge < -0.3 is 24.8 Å². The van der Waals surface area contributed by atoms with Crippen LogP contribution in [-0.4, -0.2) is 34.3 Å². The molecule has 6 nitrogen and oxygen atoms in total. The summed E-state index contributed by atoms with van der Waals surface area (Å²) in [6, 6.07) is 12.1. The first-order chi connectivity index (χ1) is 13.2. The van der Waals surface area contributed by atoms with Gasteiger partial charge in [-0.25, -0.2) is 0 Å². The van der Waals surface area contributed by atoms with Gasteiger partial charge in [-0.2, -0.15) is 0 Å². The molecular weight excluding hydrogens is 342 g/mol. The van der Waals surface area contributed by atoms with E-state index in [0.29, 0.717) is 36.3 Å². The van der Waals surface area contributed by atoms with Crippen LogP contribution in [0, 0.1) is 0 Å². The highest BCUT2D eigenvalue weighted by molar-refractivity contribution is 5.79. The number of hydrogen-bond acceptors (Lipinski definition) is 4. The smallest absolute Gasteiger partial charge is 0.191 e. The number of nitrogens with one attached hydrogen (secondary N) is 2. The van der Waals surface area contributed by atoms with E-state index >= 15 is 0 Å². The maximum absolute atomic E-state index is 5.50. The Morgan fingerprint density at radius 2 is 1.48 bits per heavy atom. The molecule has 0 spiro atoms. The third kappa shape index (κ3) is 5.29. The summed E-state index contributed by atoms with van der Waals surface area (Å²) in [5, 5.41) is 6.68. The third-order valence-electron chi connectivity index (χ3n) is 4.42. The van der Waals surface area contributed by atoms with Crippen LogP contribution in [0.5, 0.6) is 17.2 Å². The van der Waals surface area contributed by atoms with Gasteiger partial charge in [0.2, 0.25) is 0 Å². The van der Waals surface area contributed by atoms with Gasteiger partial charge in [0, 0.05) is 25.7 Å². The Morgan fingerprint density at radius 3 is 2.00 bits per heavy atom. The van der Waals surface area contributed by atoms with Crippen molar-refractivity contribution < 1.29 is 14.2 Å². The minimum absolute atomic E-state index is 0.505. The Balaban J connectivity index is 2.08. The SMILES string of the molecule is CCc1ccccc1CNC(=NC)NCc1c(OC)cc(OC)cc1OC. The van der Waals surface area contributed by atoms with Crippen LogP contribution in [0.25, 0.3) is 0 Å². The lowest BCUT2D eigenvalue weighted by atomic mass is 10.1. The molecule has 0 aliphatic carbocycles. The quantitative estimate of drug-likeness (QED) is 0.551. The fourth-order valence-electron chi connectivity index (χ4n) is 2.90. The Bertz CT molecular complexity index is 750. The second-order valence-electron chi connectivity index (χ2n) is 5.91. The molecule has 0 bridgehead atoms. The monoisotopic (exact) mass is 371 g/mol. The summed E-state index contributed by atoms with van der Waals surface area (Å²) in [4.78, 5) is 4.31. The normalized spacial score (nSPS) is 11.1. The molecule has 6 heteroatoms. The zero-order valence-electron chi connectivity index (χ0n) is 16.8. The van der Waals surface area contributed by atoms with E-state index < -0.39 is 0 Å².